The second-order valence-corrected chi connectivity index (χ2v) is 4.70. The Labute approximate surface area is 125 Å². The van der Waals surface area contributed by atoms with E-state index in [0.717, 1.165) is 6.42 Å². The summed E-state index contributed by atoms with van der Waals surface area (Å²) >= 11 is 0. The van der Waals surface area contributed by atoms with Crippen LogP contribution in [0.4, 0.5) is 22.0 Å². The molecule has 21 heavy (non-hydrogen) atoms. The zero-order chi connectivity index (χ0) is 17.9. The smallest absolute Gasteiger partial charge is 0.311 e. The highest BCUT2D eigenvalue weighted by Gasteiger charge is 2.26. The first-order valence-electron chi connectivity index (χ1n) is 6.61. The molecule has 2 nitrogen and oxygen atoms in total. The number of carbonyl (C=O) groups excluding carboxylic acids is 1. The fourth-order valence-corrected chi connectivity index (χ4v) is 0.582. The first kappa shape index (κ1) is 28.3. The first-order chi connectivity index (χ1) is 9.64. The van der Waals surface area contributed by atoms with Crippen molar-refractivity contribution in [3.05, 3.63) is 0 Å². The molecule has 0 atom stereocenters. The molecule has 0 heterocycles. The van der Waals surface area contributed by atoms with Gasteiger partial charge in [-0.15, -0.1) is 0 Å². The molecule has 0 bridgehead atoms. The molecule has 0 aliphatic carbocycles. The monoisotopic (exact) mass is 324 g/mol. The van der Waals surface area contributed by atoms with E-state index in [1.807, 2.05) is 34.6 Å². The molecule has 0 aliphatic rings. The zero-order valence-corrected chi connectivity index (χ0v) is 13.8. The maximum Gasteiger partial charge on any atom is 0.311 e. The van der Waals surface area contributed by atoms with Gasteiger partial charge >= 0.3 is 5.97 Å². The van der Waals surface area contributed by atoms with Crippen molar-refractivity contribution in [2.45, 2.75) is 48.0 Å². The van der Waals surface area contributed by atoms with Crippen molar-refractivity contribution < 1.29 is 31.5 Å². The Morgan fingerprint density at radius 1 is 1.00 bits per heavy atom. The first-order valence-corrected chi connectivity index (χ1v) is 6.61. The third kappa shape index (κ3) is 32.6. The van der Waals surface area contributed by atoms with E-state index in [-0.39, 0.29) is 18.1 Å². The Kier molecular flexibility index (Phi) is 28.9. The van der Waals surface area contributed by atoms with E-state index in [1.54, 1.807) is 0 Å². The van der Waals surface area contributed by atoms with E-state index in [1.165, 1.54) is 6.92 Å². The van der Waals surface area contributed by atoms with Gasteiger partial charge in [-0.05, 0) is 33.1 Å². The van der Waals surface area contributed by atoms with Crippen molar-refractivity contribution >= 4 is 5.97 Å². The molecule has 0 rings (SSSR count). The molecule has 0 unspecified atom stereocenters. The largest absolute Gasteiger partial charge is 0.465 e. The standard InChI is InChI=1S/C10H20O2.C2H5F.2CH2F2/c1-6-10(4,5)9(11)12-7-8(2)3;1-2-3;2*2-1-3/h8H,6-7H2,1-5H3;2H2,1H3;2*1H2. The fourth-order valence-electron chi connectivity index (χ4n) is 0.582. The highest BCUT2D eigenvalue weighted by atomic mass is 19.3. The van der Waals surface area contributed by atoms with E-state index in [9.17, 15) is 26.7 Å². The molecule has 0 N–H and O–H groups in total. The molecule has 0 saturated carbocycles. The van der Waals surface area contributed by atoms with Crippen LogP contribution in [0.3, 0.4) is 0 Å². The molecule has 0 aromatic rings. The van der Waals surface area contributed by atoms with Crippen molar-refractivity contribution in [3.63, 3.8) is 0 Å². The van der Waals surface area contributed by atoms with Crippen LogP contribution in [-0.4, -0.2) is 33.1 Å². The minimum Gasteiger partial charge on any atom is -0.465 e. The van der Waals surface area contributed by atoms with Crippen molar-refractivity contribution in [2.75, 3.05) is 27.1 Å². The molecular weight excluding hydrogens is 295 g/mol. The fraction of sp³-hybridized carbons (Fsp3) is 0.929. The molecular formula is C14H29F5O2. The van der Waals surface area contributed by atoms with Crippen LogP contribution < -0.4 is 0 Å². The molecule has 0 saturated heterocycles. The Morgan fingerprint density at radius 2 is 1.29 bits per heavy atom. The number of esters is 1. The van der Waals surface area contributed by atoms with E-state index < -0.39 is 13.9 Å². The summed E-state index contributed by atoms with van der Waals surface area (Å²) in [6.07, 6.45) is 0.823. The van der Waals surface area contributed by atoms with Crippen LogP contribution in [0.15, 0.2) is 0 Å². The highest BCUT2D eigenvalue weighted by Crippen LogP contribution is 2.21. The van der Waals surface area contributed by atoms with Gasteiger partial charge in [-0.2, -0.15) is 0 Å². The van der Waals surface area contributed by atoms with Gasteiger partial charge < -0.3 is 4.74 Å². The number of carbonyl (C=O) groups is 1. The van der Waals surface area contributed by atoms with E-state index >= 15 is 0 Å². The molecule has 0 spiro atoms. The van der Waals surface area contributed by atoms with Crippen LogP contribution in [0.25, 0.3) is 0 Å². The van der Waals surface area contributed by atoms with Gasteiger partial charge in [0, 0.05) is 0 Å². The van der Waals surface area contributed by atoms with Gasteiger partial charge in [-0.25, -0.2) is 17.6 Å². The van der Waals surface area contributed by atoms with E-state index in [2.05, 4.69) is 0 Å². The van der Waals surface area contributed by atoms with Gasteiger partial charge in [-0.1, -0.05) is 20.8 Å². The van der Waals surface area contributed by atoms with Gasteiger partial charge in [0.1, 0.15) is 0 Å². The zero-order valence-electron chi connectivity index (χ0n) is 13.8. The predicted molar refractivity (Wildman–Crippen MR) is 75.7 cm³/mol. The van der Waals surface area contributed by atoms with Gasteiger partial charge in [-0.3, -0.25) is 9.18 Å². The Balaban J connectivity index is -0.000000132. The van der Waals surface area contributed by atoms with Crippen LogP contribution in [0.5, 0.6) is 0 Å². The lowest BCUT2D eigenvalue weighted by atomic mass is 9.91. The maximum absolute atomic E-state index is 11.4. The van der Waals surface area contributed by atoms with E-state index in [4.69, 9.17) is 4.74 Å². The number of alkyl halides is 5. The van der Waals surface area contributed by atoms with Crippen LogP contribution >= 0.6 is 0 Å². The summed E-state index contributed by atoms with van der Waals surface area (Å²) in [5, 5.41) is 0. The van der Waals surface area contributed by atoms with Gasteiger partial charge in [0.05, 0.1) is 18.7 Å². The average molecular weight is 324 g/mol. The summed E-state index contributed by atoms with van der Waals surface area (Å²) in [6, 6.07) is 0. The summed E-state index contributed by atoms with van der Waals surface area (Å²) in [7, 11) is 0. The second kappa shape index (κ2) is 21.4. The molecule has 0 fully saturated rings. The topological polar surface area (TPSA) is 26.3 Å². The number of rotatable bonds is 4. The molecule has 0 amide bonds. The summed E-state index contributed by atoms with van der Waals surface area (Å²) in [5.74, 6) is 0.334. The molecule has 0 aromatic heterocycles. The molecule has 0 aliphatic heterocycles. The van der Waals surface area contributed by atoms with Gasteiger partial charge in [0.25, 0.3) is 0 Å². The van der Waals surface area contributed by atoms with Crippen LogP contribution in [0.1, 0.15) is 48.0 Å². The SMILES string of the molecule is CCC(C)(C)C(=O)OCC(C)C.CCF.FCF.FCF. The van der Waals surface area contributed by atoms with Crippen LogP contribution in [-0.2, 0) is 9.53 Å². The third-order valence-corrected chi connectivity index (χ3v) is 1.98. The summed E-state index contributed by atoms with van der Waals surface area (Å²) in [5.41, 5.74) is -0.325. The summed E-state index contributed by atoms with van der Waals surface area (Å²) in [4.78, 5) is 11.4. The number of hydrogen-bond acceptors (Lipinski definition) is 2. The second-order valence-electron chi connectivity index (χ2n) is 4.70. The number of halogens is 5. The lowest BCUT2D eigenvalue weighted by Crippen LogP contribution is -2.26. The normalized spacial score (nSPS) is 9.33. The lowest BCUT2D eigenvalue weighted by Gasteiger charge is -2.20. The molecule has 132 valence electrons. The summed E-state index contributed by atoms with van der Waals surface area (Å²) in [6.45, 7) is 8.13. The minimum absolute atomic E-state index is 0.0845. The van der Waals surface area contributed by atoms with Crippen molar-refractivity contribution in [2.24, 2.45) is 11.3 Å². The van der Waals surface area contributed by atoms with Crippen molar-refractivity contribution in [1.29, 1.82) is 0 Å². The van der Waals surface area contributed by atoms with Crippen LogP contribution in [0.2, 0.25) is 0 Å². The van der Waals surface area contributed by atoms with Crippen molar-refractivity contribution in [1.82, 2.24) is 0 Å². The van der Waals surface area contributed by atoms with Gasteiger partial charge in [0.2, 0.25) is 13.9 Å². The maximum atomic E-state index is 11.4. The Bertz CT molecular complexity index is 195. The molecule has 0 radical (unpaired) electrons. The Hall–Kier alpha value is -0.880. The number of ether oxygens (including phenoxy) is 1. The average Bonchev–Trinajstić information content (AvgIpc) is 2.38. The number of hydrogen-bond donors (Lipinski definition) is 0. The third-order valence-electron chi connectivity index (χ3n) is 1.98. The van der Waals surface area contributed by atoms with Crippen molar-refractivity contribution in [3.8, 4) is 0 Å². The highest BCUT2D eigenvalue weighted by molar-refractivity contribution is 5.75. The lowest BCUT2D eigenvalue weighted by molar-refractivity contribution is -0.155. The molecule has 7 heteroatoms. The minimum atomic E-state index is -1.75. The molecule has 0 aromatic carbocycles. The Morgan fingerprint density at radius 3 is 1.48 bits per heavy atom. The predicted octanol–water partition coefficient (Wildman–Crippen LogP) is 5.36. The summed E-state index contributed by atoms with van der Waals surface area (Å²) < 4.78 is 53.9. The van der Waals surface area contributed by atoms with Gasteiger partial charge in [0.15, 0.2) is 0 Å². The van der Waals surface area contributed by atoms with Crippen LogP contribution in [0, 0.1) is 11.3 Å². The van der Waals surface area contributed by atoms with E-state index in [0.29, 0.717) is 12.5 Å². The quantitative estimate of drug-likeness (QED) is 0.514.